The van der Waals surface area contributed by atoms with Gasteiger partial charge in [-0.1, -0.05) is 325 Å². The van der Waals surface area contributed by atoms with Gasteiger partial charge < -0.3 is 33.8 Å². The number of aliphatic hydroxyl groups is 1. The predicted molar refractivity (Wildman–Crippen MR) is 377 cm³/mol. The van der Waals surface area contributed by atoms with Crippen molar-refractivity contribution in [3.05, 3.63) is 0 Å². The first-order valence-electron chi connectivity index (χ1n) is 38.4. The van der Waals surface area contributed by atoms with Gasteiger partial charge >= 0.3 is 39.5 Å². The SMILES string of the molecule is CCCCCCCC(=O)OC[C@H](COP(=O)(O)OC[C@H](O)COP(=O)(O)OC[C@@H](COC(=O)CCCCCCCCCCCCCCCC(C)C)OC(=O)CCCCCCCCCCCCCCCCCCCCC(C)CC)OC(=O)CCCCCCCCCC(C)C. The lowest BCUT2D eigenvalue weighted by atomic mass is 9.99. The van der Waals surface area contributed by atoms with E-state index in [0.29, 0.717) is 31.6 Å². The van der Waals surface area contributed by atoms with Crippen LogP contribution in [0.15, 0.2) is 0 Å². The highest BCUT2D eigenvalue weighted by atomic mass is 31.2. The number of esters is 4. The first kappa shape index (κ1) is 91.1. The number of unbranched alkanes of at least 4 members (excludes halogenated alkanes) is 39. The standard InChI is InChI=1S/C74H144O17P2/c1-8-10-11-38-48-55-71(76)84-61-69(90-74(79)58-51-44-37-31-33-40-46-53-66(5)6)63-88-92(80,81)86-59-68(75)60-87-93(82,83)89-64-70(62-85-72(77)56-49-42-35-29-25-22-18-19-23-27-32-39-45-52-65(3)4)91-73(78)57-50-43-36-30-26-21-17-15-13-12-14-16-20-24-28-34-41-47-54-67(7)9-2/h65-70,75H,8-64H2,1-7H3,(H,80,81)(H,82,83)/t67?,68-,69+,70+/m0/s1. The average molecular weight is 1370 g/mol. The van der Waals surface area contributed by atoms with Crippen molar-refractivity contribution in [3.8, 4) is 0 Å². The summed E-state index contributed by atoms with van der Waals surface area (Å²) in [5, 5.41) is 10.6. The number of carbonyl (C=O) groups excluding carboxylic acids is 4. The van der Waals surface area contributed by atoms with Crippen molar-refractivity contribution in [1.82, 2.24) is 0 Å². The molecule has 0 saturated heterocycles. The van der Waals surface area contributed by atoms with Gasteiger partial charge in [0, 0.05) is 25.7 Å². The second kappa shape index (κ2) is 64.7. The van der Waals surface area contributed by atoms with Crippen molar-refractivity contribution in [3.63, 3.8) is 0 Å². The molecule has 0 aliphatic heterocycles. The highest BCUT2D eigenvalue weighted by molar-refractivity contribution is 7.47. The van der Waals surface area contributed by atoms with Crippen LogP contribution >= 0.6 is 15.6 Å². The van der Waals surface area contributed by atoms with Gasteiger partial charge in [-0.2, -0.15) is 0 Å². The van der Waals surface area contributed by atoms with Gasteiger partial charge in [-0.15, -0.1) is 0 Å². The lowest BCUT2D eigenvalue weighted by molar-refractivity contribution is -0.161. The number of hydrogen-bond acceptors (Lipinski definition) is 15. The summed E-state index contributed by atoms with van der Waals surface area (Å²) in [5.41, 5.74) is 0. The Labute approximate surface area is 568 Å². The fourth-order valence-corrected chi connectivity index (χ4v) is 12.8. The first-order chi connectivity index (χ1) is 44.8. The van der Waals surface area contributed by atoms with Crippen LogP contribution in [-0.2, 0) is 65.4 Å². The molecule has 0 aromatic rings. The molecule has 17 nitrogen and oxygen atoms in total. The Kier molecular flexibility index (Phi) is 63.4. The smallest absolute Gasteiger partial charge is 0.462 e. The van der Waals surface area contributed by atoms with Gasteiger partial charge in [0.1, 0.15) is 19.3 Å². The van der Waals surface area contributed by atoms with Crippen LogP contribution in [-0.4, -0.2) is 96.7 Å². The Bertz CT molecular complexity index is 1820. The maximum absolute atomic E-state index is 13.1. The number of phosphoric ester groups is 2. The summed E-state index contributed by atoms with van der Waals surface area (Å²) in [4.78, 5) is 72.4. The van der Waals surface area contributed by atoms with Crippen LogP contribution in [0.3, 0.4) is 0 Å². The van der Waals surface area contributed by atoms with E-state index in [2.05, 4.69) is 48.5 Å². The molecule has 3 unspecified atom stereocenters. The molecule has 19 heteroatoms. The molecule has 0 aromatic heterocycles. The van der Waals surface area contributed by atoms with Crippen molar-refractivity contribution in [2.45, 2.75) is 394 Å². The summed E-state index contributed by atoms with van der Waals surface area (Å²) in [6.07, 6.45) is 50.6. The van der Waals surface area contributed by atoms with Crippen molar-refractivity contribution >= 4 is 39.5 Å². The van der Waals surface area contributed by atoms with E-state index in [1.165, 1.54) is 180 Å². The predicted octanol–water partition coefficient (Wildman–Crippen LogP) is 21.4. The van der Waals surface area contributed by atoms with Gasteiger partial charge in [-0.05, 0) is 43.4 Å². The summed E-state index contributed by atoms with van der Waals surface area (Å²) < 4.78 is 68.1. The summed E-state index contributed by atoms with van der Waals surface area (Å²) in [6.45, 7) is 11.8. The van der Waals surface area contributed by atoms with E-state index in [0.717, 1.165) is 108 Å². The summed E-state index contributed by atoms with van der Waals surface area (Å²) in [5.74, 6) is 0.223. The van der Waals surface area contributed by atoms with E-state index in [9.17, 15) is 43.2 Å². The maximum atomic E-state index is 13.1. The van der Waals surface area contributed by atoms with Crippen molar-refractivity contribution < 1.29 is 80.2 Å². The molecule has 0 amide bonds. The Hall–Kier alpha value is -1.94. The van der Waals surface area contributed by atoms with Crippen LogP contribution in [0, 0.1) is 17.8 Å². The van der Waals surface area contributed by atoms with Crippen LogP contribution in [0.2, 0.25) is 0 Å². The van der Waals surface area contributed by atoms with Gasteiger partial charge in [0.25, 0.3) is 0 Å². The van der Waals surface area contributed by atoms with Gasteiger partial charge in [0.2, 0.25) is 0 Å². The summed E-state index contributed by atoms with van der Waals surface area (Å²) in [7, 11) is -9.90. The molecule has 0 spiro atoms. The lowest BCUT2D eigenvalue weighted by Gasteiger charge is -2.21. The van der Waals surface area contributed by atoms with Crippen molar-refractivity contribution in [1.29, 1.82) is 0 Å². The second-order valence-corrected chi connectivity index (χ2v) is 30.8. The maximum Gasteiger partial charge on any atom is 0.472 e. The minimum atomic E-state index is -4.95. The number of carbonyl (C=O) groups is 4. The van der Waals surface area contributed by atoms with Crippen LogP contribution in [0.25, 0.3) is 0 Å². The normalized spacial score (nSPS) is 14.4. The molecular formula is C74H144O17P2. The highest BCUT2D eigenvalue weighted by Crippen LogP contribution is 2.45. The number of phosphoric acid groups is 2. The monoisotopic (exact) mass is 1370 g/mol. The molecule has 0 aliphatic carbocycles. The molecule has 0 aliphatic rings. The van der Waals surface area contributed by atoms with E-state index >= 15 is 0 Å². The third-order valence-electron chi connectivity index (χ3n) is 17.5. The lowest BCUT2D eigenvalue weighted by Crippen LogP contribution is -2.30. The fourth-order valence-electron chi connectivity index (χ4n) is 11.2. The molecule has 0 saturated carbocycles. The van der Waals surface area contributed by atoms with Gasteiger partial charge in [0.15, 0.2) is 12.2 Å². The Morgan fingerprint density at radius 3 is 0.817 bits per heavy atom. The third-order valence-corrected chi connectivity index (χ3v) is 19.4. The minimum absolute atomic E-state index is 0.102. The van der Waals surface area contributed by atoms with E-state index < -0.39 is 97.5 Å². The van der Waals surface area contributed by atoms with E-state index in [1.54, 1.807) is 0 Å². The topological polar surface area (TPSA) is 237 Å². The van der Waals surface area contributed by atoms with Crippen LogP contribution in [0.5, 0.6) is 0 Å². The minimum Gasteiger partial charge on any atom is -0.462 e. The molecule has 0 radical (unpaired) electrons. The van der Waals surface area contributed by atoms with Gasteiger partial charge in [-0.3, -0.25) is 37.3 Å². The molecule has 552 valence electrons. The zero-order chi connectivity index (χ0) is 68.7. The molecular weight excluding hydrogens is 1220 g/mol. The second-order valence-electron chi connectivity index (χ2n) is 27.9. The number of hydrogen-bond donors (Lipinski definition) is 3. The molecule has 0 rings (SSSR count). The van der Waals surface area contributed by atoms with Gasteiger partial charge in [-0.25, -0.2) is 9.13 Å². The number of rotatable bonds is 72. The number of aliphatic hydroxyl groups excluding tert-OH is 1. The molecule has 6 atom stereocenters. The zero-order valence-electron chi connectivity index (χ0n) is 60.7. The molecule has 0 aromatic carbocycles. The first-order valence-corrected chi connectivity index (χ1v) is 41.4. The Morgan fingerprint density at radius 1 is 0.312 bits per heavy atom. The fraction of sp³-hybridized carbons (Fsp3) is 0.946. The summed E-state index contributed by atoms with van der Waals surface area (Å²) >= 11 is 0. The van der Waals surface area contributed by atoms with E-state index in [1.807, 2.05) is 0 Å². The van der Waals surface area contributed by atoms with Crippen molar-refractivity contribution in [2.75, 3.05) is 39.6 Å². The van der Waals surface area contributed by atoms with Crippen LogP contribution in [0.4, 0.5) is 0 Å². The quantitative estimate of drug-likeness (QED) is 0.0222. The highest BCUT2D eigenvalue weighted by Gasteiger charge is 2.30. The molecule has 3 N–H and O–H groups in total. The molecule has 0 bridgehead atoms. The van der Waals surface area contributed by atoms with Crippen LogP contribution < -0.4 is 0 Å². The van der Waals surface area contributed by atoms with E-state index in [-0.39, 0.29) is 25.7 Å². The largest absolute Gasteiger partial charge is 0.472 e. The summed E-state index contributed by atoms with van der Waals surface area (Å²) in [6, 6.07) is 0. The average Bonchev–Trinajstić information content (AvgIpc) is 3.44. The van der Waals surface area contributed by atoms with Crippen LogP contribution in [0.1, 0.15) is 376 Å². The van der Waals surface area contributed by atoms with Gasteiger partial charge in [0.05, 0.1) is 26.4 Å². The zero-order valence-corrected chi connectivity index (χ0v) is 62.5. The Morgan fingerprint density at radius 2 is 0.548 bits per heavy atom. The molecule has 93 heavy (non-hydrogen) atoms. The molecule has 0 fully saturated rings. The number of ether oxygens (including phenoxy) is 4. The van der Waals surface area contributed by atoms with Crippen molar-refractivity contribution in [2.24, 2.45) is 17.8 Å². The molecule has 0 heterocycles. The Balaban J connectivity index is 5.11. The third kappa shape index (κ3) is 67.0. The van der Waals surface area contributed by atoms with E-state index in [4.69, 9.17) is 37.0 Å².